The van der Waals surface area contributed by atoms with Crippen LogP contribution in [0.2, 0.25) is 0 Å². The van der Waals surface area contributed by atoms with E-state index in [9.17, 15) is 9.90 Å². The first kappa shape index (κ1) is 14.2. The average Bonchev–Trinajstić information content (AvgIpc) is 2.85. The third kappa shape index (κ3) is 2.81. The molecule has 4 nitrogen and oxygen atoms in total. The first-order chi connectivity index (χ1) is 10.6. The van der Waals surface area contributed by atoms with Crippen molar-refractivity contribution >= 4 is 16.8 Å². The van der Waals surface area contributed by atoms with Gasteiger partial charge in [-0.1, -0.05) is 36.4 Å². The van der Waals surface area contributed by atoms with Crippen LogP contribution in [-0.4, -0.2) is 15.6 Å². The number of phenols is 1. The molecular weight excluding hydrogens is 276 g/mol. The van der Waals surface area contributed by atoms with E-state index >= 15 is 0 Å². The predicted octanol–water partition coefficient (Wildman–Crippen LogP) is 2.62. The van der Waals surface area contributed by atoms with Gasteiger partial charge >= 0.3 is 0 Å². The zero-order valence-electron chi connectivity index (χ0n) is 12.2. The molecule has 0 aliphatic heterocycles. The number of carbonyl (C=O) groups excluding carboxylic acids is 1. The van der Waals surface area contributed by atoms with Crippen molar-refractivity contribution in [2.75, 3.05) is 0 Å². The molecule has 0 fully saturated rings. The summed E-state index contributed by atoms with van der Waals surface area (Å²) in [6.07, 6.45) is 2.93. The fourth-order valence-corrected chi connectivity index (χ4v) is 2.82. The molecule has 0 unspecified atom stereocenters. The van der Waals surface area contributed by atoms with Crippen LogP contribution < -0.4 is 5.73 Å². The Bertz CT molecular complexity index is 807. The summed E-state index contributed by atoms with van der Waals surface area (Å²) in [5, 5.41) is 10.8. The van der Waals surface area contributed by atoms with Crippen LogP contribution >= 0.6 is 0 Å². The molecule has 0 aliphatic rings. The summed E-state index contributed by atoms with van der Waals surface area (Å²) in [6.45, 7) is 0.780. The van der Waals surface area contributed by atoms with Crippen molar-refractivity contribution in [2.24, 2.45) is 5.73 Å². The molecule has 1 amide bonds. The topological polar surface area (TPSA) is 68.2 Å². The Morgan fingerprint density at radius 1 is 1.09 bits per heavy atom. The number of hydrogen-bond acceptors (Lipinski definition) is 2. The molecule has 0 saturated heterocycles. The summed E-state index contributed by atoms with van der Waals surface area (Å²) in [4.78, 5) is 11.2. The van der Waals surface area contributed by atoms with Crippen molar-refractivity contribution in [3.05, 3.63) is 65.9 Å². The number of amides is 1. The van der Waals surface area contributed by atoms with Gasteiger partial charge in [0, 0.05) is 18.1 Å². The number of fused-ring (bicyclic) bond motifs is 1. The summed E-state index contributed by atoms with van der Waals surface area (Å²) in [5.74, 6) is -0.211. The van der Waals surface area contributed by atoms with Crippen LogP contribution in [0.3, 0.4) is 0 Å². The molecule has 0 saturated carbocycles. The lowest BCUT2D eigenvalue weighted by Crippen LogP contribution is -2.13. The van der Waals surface area contributed by atoms with Gasteiger partial charge in [-0.3, -0.25) is 4.79 Å². The van der Waals surface area contributed by atoms with E-state index in [0.717, 1.165) is 29.4 Å². The Morgan fingerprint density at radius 2 is 1.86 bits per heavy atom. The number of aryl methyl sites for hydroxylation is 2. The molecule has 0 atom stereocenters. The van der Waals surface area contributed by atoms with Crippen LogP contribution in [0.4, 0.5) is 0 Å². The molecule has 3 aromatic rings. The minimum absolute atomic E-state index is 0.131. The van der Waals surface area contributed by atoms with Crippen LogP contribution in [0.5, 0.6) is 5.75 Å². The highest BCUT2D eigenvalue weighted by atomic mass is 16.3. The van der Waals surface area contributed by atoms with E-state index < -0.39 is 5.91 Å². The molecule has 0 radical (unpaired) electrons. The monoisotopic (exact) mass is 294 g/mol. The molecule has 0 spiro atoms. The fraction of sp³-hybridized carbons (Fsp3) is 0.167. The lowest BCUT2D eigenvalue weighted by atomic mass is 10.1. The van der Waals surface area contributed by atoms with Crippen molar-refractivity contribution in [3.8, 4) is 5.75 Å². The molecule has 2 aromatic carbocycles. The smallest absolute Gasteiger partial charge is 0.221 e. The van der Waals surface area contributed by atoms with Gasteiger partial charge in [0.15, 0.2) is 0 Å². The molecule has 0 bridgehead atoms. The second-order valence-corrected chi connectivity index (χ2v) is 5.40. The Morgan fingerprint density at radius 3 is 2.59 bits per heavy atom. The van der Waals surface area contributed by atoms with Crippen molar-refractivity contribution < 1.29 is 9.90 Å². The van der Waals surface area contributed by atoms with E-state index in [1.54, 1.807) is 6.07 Å². The zero-order chi connectivity index (χ0) is 15.5. The van der Waals surface area contributed by atoms with E-state index in [-0.39, 0.29) is 12.2 Å². The highest BCUT2D eigenvalue weighted by Gasteiger charge is 2.13. The molecule has 3 N–H and O–H groups in total. The number of carbonyl (C=O) groups is 1. The summed E-state index contributed by atoms with van der Waals surface area (Å²) >= 11 is 0. The quantitative estimate of drug-likeness (QED) is 0.759. The predicted molar refractivity (Wildman–Crippen MR) is 86.6 cm³/mol. The van der Waals surface area contributed by atoms with Gasteiger partial charge in [0.1, 0.15) is 5.75 Å². The Labute approximate surface area is 128 Å². The lowest BCUT2D eigenvalue weighted by Gasteiger charge is -2.05. The number of nitrogens with zero attached hydrogens (tertiary/aromatic N) is 1. The van der Waals surface area contributed by atoms with Gasteiger partial charge in [-0.05, 0) is 29.7 Å². The van der Waals surface area contributed by atoms with Crippen molar-refractivity contribution in [1.29, 1.82) is 0 Å². The summed E-state index contributed by atoms with van der Waals surface area (Å²) in [7, 11) is 0. The molecule has 1 heterocycles. The molecule has 3 rings (SSSR count). The Balaban J connectivity index is 1.95. The van der Waals surface area contributed by atoms with Gasteiger partial charge in [-0.15, -0.1) is 0 Å². The Kier molecular flexibility index (Phi) is 3.83. The maximum Gasteiger partial charge on any atom is 0.221 e. The number of nitrogens with two attached hydrogens (primary N) is 1. The van der Waals surface area contributed by atoms with E-state index in [2.05, 4.69) is 16.7 Å². The zero-order valence-corrected chi connectivity index (χ0v) is 12.2. The van der Waals surface area contributed by atoms with Crippen molar-refractivity contribution in [1.82, 2.24) is 4.57 Å². The van der Waals surface area contributed by atoms with Crippen molar-refractivity contribution in [3.63, 3.8) is 0 Å². The molecule has 4 heteroatoms. The van der Waals surface area contributed by atoms with E-state index in [1.165, 1.54) is 5.56 Å². The third-order valence-electron chi connectivity index (χ3n) is 3.81. The van der Waals surface area contributed by atoms with E-state index in [0.29, 0.717) is 0 Å². The van der Waals surface area contributed by atoms with Crippen LogP contribution in [-0.2, 0) is 24.2 Å². The van der Waals surface area contributed by atoms with Crippen LogP contribution in [0.15, 0.2) is 54.7 Å². The minimum atomic E-state index is -0.398. The summed E-state index contributed by atoms with van der Waals surface area (Å²) < 4.78 is 2.07. The number of rotatable bonds is 5. The third-order valence-corrected chi connectivity index (χ3v) is 3.81. The van der Waals surface area contributed by atoms with Gasteiger partial charge in [0.25, 0.3) is 0 Å². The SMILES string of the molecule is NC(=O)Cc1cn(CCc2ccccc2)c2cccc(O)c12. The second kappa shape index (κ2) is 5.93. The number of hydrogen-bond donors (Lipinski definition) is 2. The average molecular weight is 294 g/mol. The number of aromatic hydroxyl groups is 1. The molecular formula is C18H18N2O2. The summed E-state index contributed by atoms with van der Waals surface area (Å²) in [6, 6.07) is 15.6. The van der Waals surface area contributed by atoms with Gasteiger partial charge in [-0.25, -0.2) is 0 Å². The first-order valence-electron chi connectivity index (χ1n) is 7.27. The van der Waals surface area contributed by atoms with Gasteiger partial charge in [0.2, 0.25) is 5.91 Å². The standard InChI is InChI=1S/C18H18N2O2/c19-17(22)11-14-12-20(10-9-13-5-2-1-3-6-13)15-7-4-8-16(21)18(14)15/h1-8,12,21H,9-11H2,(H2,19,22). The molecule has 22 heavy (non-hydrogen) atoms. The maximum absolute atomic E-state index is 11.2. The largest absolute Gasteiger partial charge is 0.507 e. The highest BCUT2D eigenvalue weighted by Crippen LogP contribution is 2.30. The van der Waals surface area contributed by atoms with Gasteiger partial charge in [0.05, 0.1) is 11.9 Å². The first-order valence-corrected chi connectivity index (χ1v) is 7.27. The van der Waals surface area contributed by atoms with Crippen LogP contribution in [0.1, 0.15) is 11.1 Å². The molecule has 112 valence electrons. The Hall–Kier alpha value is -2.75. The van der Waals surface area contributed by atoms with Crippen molar-refractivity contribution in [2.45, 2.75) is 19.4 Å². The number of primary amides is 1. The maximum atomic E-state index is 11.2. The number of benzene rings is 2. The normalized spacial score (nSPS) is 10.9. The minimum Gasteiger partial charge on any atom is -0.507 e. The molecule has 0 aliphatic carbocycles. The second-order valence-electron chi connectivity index (χ2n) is 5.40. The lowest BCUT2D eigenvalue weighted by molar-refractivity contribution is -0.117. The van der Waals surface area contributed by atoms with Gasteiger partial charge < -0.3 is 15.4 Å². The van der Waals surface area contributed by atoms with Crippen LogP contribution in [0.25, 0.3) is 10.9 Å². The van der Waals surface area contributed by atoms with Gasteiger partial charge in [-0.2, -0.15) is 0 Å². The van der Waals surface area contributed by atoms with E-state index in [4.69, 9.17) is 5.73 Å². The molecule has 1 aromatic heterocycles. The fourth-order valence-electron chi connectivity index (χ4n) is 2.82. The summed E-state index contributed by atoms with van der Waals surface area (Å²) in [5.41, 5.74) is 8.26. The number of phenolic OH excluding ortho intramolecular Hbond substituents is 1. The van der Waals surface area contributed by atoms with Crippen LogP contribution in [0, 0.1) is 0 Å². The van der Waals surface area contributed by atoms with E-state index in [1.807, 2.05) is 36.5 Å². The number of aromatic nitrogens is 1. The highest BCUT2D eigenvalue weighted by molar-refractivity contribution is 5.93.